The van der Waals surface area contributed by atoms with Gasteiger partial charge in [-0.1, -0.05) is 6.07 Å². The van der Waals surface area contributed by atoms with Crippen molar-refractivity contribution in [3.8, 4) is 23.1 Å². The SMILES string of the molecule is CNC1CC(Oc2cccc(F)c2-c2cc(Nc3cnc(C#N)cn3)n[nH]2)C1. The van der Waals surface area contributed by atoms with Crippen molar-refractivity contribution in [3.05, 3.63) is 48.2 Å². The van der Waals surface area contributed by atoms with E-state index in [0.717, 1.165) is 12.8 Å². The Morgan fingerprint density at radius 2 is 2.11 bits per heavy atom. The summed E-state index contributed by atoms with van der Waals surface area (Å²) >= 11 is 0. The van der Waals surface area contributed by atoms with E-state index in [2.05, 4.69) is 30.8 Å². The molecule has 2 heterocycles. The molecule has 0 atom stereocenters. The fourth-order valence-corrected chi connectivity index (χ4v) is 3.04. The summed E-state index contributed by atoms with van der Waals surface area (Å²) in [6.07, 6.45) is 4.63. The van der Waals surface area contributed by atoms with Gasteiger partial charge in [-0.15, -0.1) is 0 Å². The Balaban J connectivity index is 1.53. The highest BCUT2D eigenvalue weighted by Crippen LogP contribution is 2.36. The summed E-state index contributed by atoms with van der Waals surface area (Å²) < 4.78 is 20.6. The van der Waals surface area contributed by atoms with Gasteiger partial charge < -0.3 is 15.4 Å². The highest BCUT2D eigenvalue weighted by molar-refractivity contribution is 5.71. The number of aromatic nitrogens is 4. The third-order valence-electron chi connectivity index (χ3n) is 4.64. The summed E-state index contributed by atoms with van der Waals surface area (Å²) in [5, 5.41) is 21.9. The Bertz CT molecular complexity index is 1010. The number of anilines is 2. The molecular formula is C19H18FN7O. The lowest BCUT2D eigenvalue weighted by Gasteiger charge is -2.35. The normalized spacial score (nSPS) is 18.2. The molecule has 0 aliphatic heterocycles. The number of benzene rings is 1. The number of nitrogens with one attached hydrogen (secondary N) is 3. The lowest BCUT2D eigenvalue weighted by atomic mass is 9.89. The number of nitrogens with zero attached hydrogens (tertiary/aromatic N) is 4. The van der Waals surface area contributed by atoms with E-state index >= 15 is 0 Å². The molecule has 0 unspecified atom stereocenters. The first kappa shape index (κ1) is 17.9. The Morgan fingerprint density at radius 3 is 2.82 bits per heavy atom. The second kappa shape index (κ2) is 7.62. The second-order valence-corrected chi connectivity index (χ2v) is 6.50. The van der Waals surface area contributed by atoms with Crippen LogP contribution in [0.25, 0.3) is 11.3 Å². The maximum Gasteiger partial charge on any atom is 0.158 e. The molecule has 1 saturated carbocycles. The third kappa shape index (κ3) is 3.63. The topological polar surface area (TPSA) is 112 Å². The molecule has 0 amide bonds. The van der Waals surface area contributed by atoms with Crippen LogP contribution in [0.2, 0.25) is 0 Å². The average molecular weight is 379 g/mol. The zero-order chi connectivity index (χ0) is 19.5. The van der Waals surface area contributed by atoms with Crippen LogP contribution in [-0.4, -0.2) is 39.4 Å². The standard InChI is InChI=1S/C19H18FN7O/c1-22-11-5-13(6-11)28-16-4-2-3-14(20)19(16)15-7-17(27-26-15)25-18-10-23-12(8-21)9-24-18/h2-4,7,9-11,13,22H,5-6H2,1H3,(H2,24,25,26,27). The second-order valence-electron chi connectivity index (χ2n) is 6.50. The Labute approximate surface area is 160 Å². The van der Waals surface area contributed by atoms with Gasteiger partial charge in [0.25, 0.3) is 0 Å². The first-order valence-electron chi connectivity index (χ1n) is 8.83. The van der Waals surface area contributed by atoms with Crippen LogP contribution in [0, 0.1) is 17.1 Å². The van der Waals surface area contributed by atoms with Crippen molar-refractivity contribution in [1.29, 1.82) is 5.26 Å². The van der Waals surface area contributed by atoms with Crippen molar-refractivity contribution in [2.24, 2.45) is 0 Å². The highest BCUT2D eigenvalue weighted by atomic mass is 19.1. The molecule has 1 fully saturated rings. The molecule has 9 heteroatoms. The van der Waals surface area contributed by atoms with Crippen molar-refractivity contribution in [3.63, 3.8) is 0 Å². The van der Waals surface area contributed by atoms with E-state index in [9.17, 15) is 4.39 Å². The monoisotopic (exact) mass is 379 g/mol. The molecule has 2 aromatic heterocycles. The molecular weight excluding hydrogens is 361 g/mol. The van der Waals surface area contributed by atoms with Gasteiger partial charge in [0.1, 0.15) is 29.6 Å². The van der Waals surface area contributed by atoms with E-state index in [4.69, 9.17) is 10.00 Å². The summed E-state index contributed by atoms with van der Waals surface area (Å²) in [4.78, 5) is 8.02. The fraction of sp³-hybridized carbons (Fsp3) is 0.263. The van der Waals surface area contributed by atoms with Crippen molar-refractivity contribution in [2.45, 2.75) is 25.0 Å². The highest BCUT2D eigenvalue weighted by Gasteiger charge is 2.30. The number of rotatable bonds is 6. The molecule has 1 aromatic carbocycles. The predicted octanol–water partition coefficient (Wildman–Crippen LogP) is 2.75. The van der Waals surface area contributed by atoms with Gasteiger partial charge in [-0.25, -0.2) is 14.4 Å². The quantitative estimate of drug-likeness (QED) is 0.604. The van der Waals surface area contributed by atoms with Crippen LogP contribution in [0.15, 0.2) is 36.7 Å². The van der Waals surface area contributed by atoms with Gasteiger partial charge >= 0.3 is 0 Å². The van der Waals surface area contributed by atoms with Gasteiger partial charge in [-0.2, -0.15) is 10.4 Å². The molecule has 1 aliphatic carbocycles. The zero-order valence-electron chi connectivity index (χ0n) is 15.1. The molecule has 0 radical (unpaired) electrons. The molecule has 4 rings (SSSR count). The van der Waals surface area contributed by atoms with Crippen molar-refractivity contribution in [1.82, 2.24) is 25.5 Å². The molecule has 0 saturated heterocycles. The van der Waals surface area contributed by atoms with Crippen LogP contribution in [0.4, 0.5) is 16.0 Å². The molecule has 0 bridgehead atoms. The number of ether oxygens (including phenoxy) is 1. The maximum atomic E-state index is 14.6. The van der Waals surface area contributed by atoms with Gasteiger partial charge in [0.2, 0.25) is 0 Å². The van der Waals surface area contributed by atoms with Crippen LogP contribution in [0.5, 0.6) is 5.75 Å². The number of nitriles is 1. The van der Waals surface area contributed by atoms with Gasteiger partial charge in [0.15, 0.2) is 11.5 Å². The van der Waals surface area contributed by atoms with E-state index in [1.165, 1.54) is 18.5 Å². The number of hydrogen-bond acceptors (Lipinski definition) is 7. The summed E-state index contributed by atoms with van der Waals surface area (Å²) in [7, 11) is 1.92. The number of aromatic amines is 1. The minimum absolute atomic E-state index is 0.0624. The maximum absolute atomic E-state index is 14.6. The van der Waals surface area contributed by atoms with Crippen LogP contribution < -0.4 is 15.4 Å². The summed E-state index contributed by atoms with van der Waals surface area (Å²) in [6.45, 7) is 0. The zero-order valence-corrected chi connectivity index (χ0v) is 15.1. The molecule has 0 spiro atoms. The van der Waals surface area contributed by atoms with Gasteiger partial charge in [0.05, 0.1) is 23.7 Å². The van der Waals surface area contributed by atoms with E-state index in [0.29, 0.717) is 34.7 Å². The van der Waals surface area contributed by atoms with Gasteiger partial charge in [0, 0.05) is 12.1 Å². The first-order chi connectivity index (χ1) is 13.7. The van der Waals surface area contributed by atoms with E-state index in [1.54, 1.807) is 18.2 Å². The number of H-pyrrole nitrogens is 1. The fourth-order valence-electron chi connectivity index (χ4n) is 3.04. The molecule has 142 valence electrons. The average Bonchev–Trinajstić information content (AvgIpc) is 3.13. The summed E-state index contributed by atoms with van der Waals surface area (Å²) in [5.41, 5.74) is 1.04. The van der Waals surface area contributed by atoms with Crippen LogP contribution in [-0.2, 0) is 0 Å². The molecule has 28 heavy (non-hydrogen) atoms. The predicted molar refractivity (Wildman–Crippen MR) is 101 cm³/mol. The van der Waals surface area contributed by atoms with Crippen LogP contribution in [0.1, 0.15) is 18.5 Å². The smallest absolute Gasteiger partial charge is 0.158 e. The van der Waals surface area contributed by atoms with Crippen LogP contribution in [0.3, 0.4) is 0 Å². The summed E-state index contributed by atoms with van der Waals surface area (Å²) in [6, 6.07) is 8.79. The number of halogens is 1. The van der Waals surface area contributed by atoms with Crippen LogP contribution >= 0.6 is 0 Å². The minimum atomic E-state index is -0.393. The van der Waals surface area contributed by atoms with Gasteiger partial charge in [-0.05, 0) is 32.0 Å². The molecule has 3 N–H and O–H groups in total. The largest absolute Gasteiger partial charge is 0.489 e. The van der Waals surface area contributed by atoms with Gasteiger partial charge in [-0.3, -0.25) is 5.10 Å². The van der Waals surface area contributed by atoms with E-state index < -0.39 is 5.82 Å². The van der Waals surface area contributed by atoms with Crippen molar-refractivity contribution >= 4 is 11.6 Å². The van der Waals surface area contributed by atoms with Crippen molar-refractivity contribution in [2.75, 3.05) is 12.4 Å². The third-order valence-corrected chi connectivity index (χ3v) is 4.64. The number of hydrogen-bond donors (Lipinski definition) is 3. The van der Waals surface area contributed by atoms with E-state index in [-0.39, 0.29) is 11.8 Å². The summed E-state index contributed by atoms with van der Waals surface area (Å²) in [5.74, 6) is 0.958. The van der Waals surface area contributed by atoms with Crippen molar-refractivity contribution < 1.29 is 9.13 Å². The Morgan fingerprint density at radius 1 is 1.25 bits per heavy atom. The minimum Gasteiger partial charge on any atom is -0.489 e. The first-order valence-corrected chi connectivity index (χ1v) is 8.83. The molecule has 3 aromatic rings. The Hall–Kier alpha value is -3.51. The Kier molecular flexibility index (Phi) is 4.87. The molecule has 1 aliphatic rings. The van der Waals surface area contributed by atoms with E-state index in [1.807, 2.05) is 13.1 Å². The lowest BCUT2D eigenvalue weighted by molar-refractivity contribution is 0.0887. The molecule has 8 nitrogen and oxygen atoms in total. The lowest BCUT2D eigenvalue weighted by Crippen LogP contribution is -2.45.